The summed E-state index contributed by atoms with van der Waals surface area (Å²) < 4.78 is 0. The van der Waals surface area contributed by atoms with Crippen molar-refractivity contribution in [3.8, 4) is 0 Å². The summed E-state index contributed by atoms with van der Waals surface area (Å²) in [6.45, 7) is 0. The number of rotatable bonds is 0. The molecule has 0 amide bonds. The van der Waals surface area contributed by atoms with E-state index in [2.05, 4.69) is 0 Å². The number of hydrogen-bond donors (Lipinski definition) is 0. The molecule has 4 heavy (non-hydrogen) atoms. The largest absolute Gasteiger partial charge is 2.00 e. The van der Waals surface area contributed by atoms with Crippen LogP contribution in [-0.2, 0) is 54.3 Å². The Morgan fingerprint density at radius 2 is 0.750 bits per heavy atom. The smallest absolute Gasteiger partial charge is 2.00 e. The Hall–Kier alpha value is 2.54. The molecule has 0 N–H and O–H groups in total. The molecule has 0 saturated heterocycles. The predicted octanol–water partition coefficient (Wildman–Crippen LogP) is -0.388. The Bertz CT molecular complexity index is 6.00. The van der Waals surface area contributed by atoms with Gasteiger partial charge in [0.15, 0.2) is 0 Å². The fraction of sp³-hybridized carbons (Fsp3) is 0. The maximum atomic E-state index is 0. The monoisotopic (exact) mass is 386 g/mol. The summed E-state index contributed by atoms with van der Waals surface area (Å²) in [4.78, 5) is 0. The molecule has 0 aliphatic heterocycles. The van der Waals surface area contributed by atoms with E-state index in [1.54, 1.807) is 0 Å². The summed E-state index contributed by atoms with van der Waals surface area (Å²) in [7, 11) is 0. The van der Waals surface area contributed by atoms with Crippen molar-refractivity contribution in [2.24, 2.45) is 0 Å². The third kappa shape index (κ3) is 8.82. The number of hydrogen-bond acceptors (Lipinski definition) is 0. The van der Waals surface area contributed by atoms with Crippen LogP contribution >= 0.6 is 0 Å². The standard InChI is InChI=1S/Cd.Pb.2S/q2*+2;2*-2. The van der Waals surface area contributed by atoms with E-state index in [1.807, 2.05) is 0 Å². The summed E-state index contributed by atoms with van der Waals surface area (Å²) in [6.07, 6.45) is 0. The van der Waals surface area contributed by atoms with E-state index >= 15 is 0 Å². The average Bonchev–Trinajstić information content (AvgIpc) is 0. The van der Waals surface area contributed by atoms with Gasteiger partial charge in [-0.1, -0.05) is 0 Å². The second-order valence-electron chi connectivity index (χ2n) is 0. The van der Waals surface area contributed by atoms with Crippen molar-refractivity contribution >= 4 is 54.3 Å². The maximum Gasteiger partial charge on any atom is 2.00 e. The van der Waals surface area contributed by atoms with Gasteiger partial charge in [-0.15, -0.1) is 0 Å². The Balaban J connectivity index is 0. The minimum absolute atomic E-state index is 0. The van der Waals surface area contributed by atoms with Gasteiger partial charge >= 0.3 is 54.6 Å². The summed E-state index contributed by atoms with van der Waals surface area (Å²) >= 11 is 0. The van der Waals surface area contributed by atoms with Crippen LogP contribution in [0.25, 0.3) is 0 Å². The van der Waals surface area contributed by atoms with Gasteiger partial charge in [-0.25, -0.2) is 0 Å². The van der Waals surface area contributed by atoms with Crippen LogP contribution in [0.3, 0.4) is 0 Å². The van der Waals surface area contributed by atoms with E-state index in [1.165, 1.54) is 0 Å². The van der Waals surface area contributed by atoms with E-state index in [4.69, 9.17) is 0 Å². The quantitative estimate of drug-likeness (QED) is 0.500. The van der Waals surface area contributed by atoms with Crippen molar-refractivity contribution in [3.05, 3.63) is 0 Å². The fourth-order valence-corrected chi connectivity index (χ4v) is 0. The Kier molecular flexibility index (Phi) is 137. The molecule has 18 valence electrons. The van der Waals surface area contributed by atoms with Gasteiger partial charge < -0.3 is 27.0 Å². The zero-order chi connectivity index (χ0) is 0. The Morgan fingerprint density at radius 1 is 0.750 bits per heavy atom. The minimum atomic E-state index is 0. The first-order chi connectivity index (χ1) is 0. The third-order valence-electron chi connectivity index (χ3n) is 0. The van der Waals surface area contributed by atoms with Crippen LogP contribution in [-0.4, -0.2) is 27.3 Å². The van der Waals surface area contributed by atoms with Crippen molar-refractivity contribution in [3.63, 3.8) is 0 Å². The van der Waals surface area contributed by atoms with Crippen LogP contribution in [0.5, 0.6) is 0 Å². The van der Waals surface area contributed by atoms with Gasteiger partial charge in [0.2, 0.25) is 0 Å². The normalized spacial score (nSPS) is 0. The Morgan fingerprint density at radius 3 is 0.750 bits per heavy atom. The molecule has 0 bridgehead atoms. The first-order valence-corrected chi connectivity index (χ1v) is 0. The molecular formula is CdPbS2. The van der Waals surface area contributed by atoms with E-state index in [-0.39, 0.29) is 81.6 Å². The van der Waals surface area contributed by atoms with E-state index in [0.29, 0.717) is 0 Å². The van der Waals surface area contributed by atoms with E-state index in [0.717, 1.165) is 0 Å². The molecule has 0 saturated carbocycles. The summed E-state index contributed by atoms with van der Waals surface area (Å²) in [5.41, 5.74) is 0. The van der Waals surface area contributed by atoms with E-state index in [9.17, 15) is 0 Å². The molecule has 0 atom stereocenters. The van der Waals surface area contributed by atoms with Crippen LogP contribution < -0.4 is 0 Å². The summed E-state index contributed by atoms with van der Waals surface area (Å²) in [5, 5.41) is 0. The van der Waals surface area contributed by atoms with Crippen LogP contribution in [0.4, 0.5) is 0 Å². The maximum absolute atomic E-state index is 0. The summed E-state index contributed by atoms with van der Waals surface area (Å²) in [5.74, 6) is 0. The van der Waals surface area contributed by atoms with Gasteiger partial charge in [0.1, 0.15) is 0 Å². The molecule has 0 nitrogen and oxygen atoms in total. The van der Waals surface area contributed by atoms with Crippen molar-refractivity contribution in [1.82, 2.24) is 0 Å². The van der Waals surface area contributed by atoms with Crippen molar-refractivity contribution in [2.75, 3.05) is 0 Å². The Labute approximate surface area is 80.3 Å². The molecule has 0 spiro atoms. The molecule has 0 unspecified atom stereocenters. The molecular weight excluding hydrogens is 384 g/mol. The van der Waals surface area contributed by atoms with Gasteiger partial charge in [0.25, 0.3) is 0 Å². The minimum Gasteiger partial charge on any atom is -2.00 e. The topological polar surface area (TPSA) is 0 Å². The predicted molar refractivity (Wildman–Crippen MR) is 20.5 cm³/mol. The zero-order valence-electron chi connectivity index (χ0n) is 2.02. The molecule has 0 heterocycles. The SMILES string of the molecule is [Cd+2].[Pb+2].[S-2].[S-2]. The van der Waals surface area contributed by atoms with Gasteiger partial charge in [-0.2, -0.15) is 0 Å². The fourth-order valence-electron chi connectivity index (χ4n) is 0. The first kappa shape index (κ1) is 31.1. The molecule has 0 aromatic carbocycles. The molecule has 0 aliphatic rings. The van der Waals surface area contributed by atoms with Gasteiger partial charge in [-0.05, 0) is 0 Å². The molecule has 4 heteroatoms. The second-order valence-corrected chi connectivity index (χ2v) is 0. The van der Waals surface area contributed by atoms with E-state index < -0.39 is 0 Å². The molecule has 0 aromatic rings. The molecule has 0 rings (SSSR count). The second kappa shape index (κ2) is 17.7. The van der Waals surface area contributed by atoms with Gasteiger partial charge in [0.05, 0.1) is 0 Å². The van der Waals surface area contributed by atoms with Crippen LogP contribution in [0.2, 0.25) is 0 Å². The van der Waals surface area contributed by atoms with Crippen LogP contribution in [0.1, 0.15) is 0 Å². The average molecular weight is 384 g/mol. The first-order valence-electron chi connectivity index (χ1n) is 0. The van der Waals surface area contributed by atoms with Crippen molar-refractivity contribution in [2.45, 2.75) is 0 Å². The van der Waals surface area contributed by atoms with Gasteiger partial charge in [-0.3, -0.25) is 0 Å². The molecule has 0 aromatic heterocycles. The molecule has 0 fully saturated rings. The molecule has 2 radical (unpaired) electrons. The van der Waals surface area contributed by atoms with Gasteiger partial charge in [0, 0.05) is 0 Å². The summed E-state index contributed by atoms with van der Waals surface area (Å²) in [6, 6.07) is 0. The van der Waals surface area contributed by atoms with Crippen LogP contribution in [0, 0.1) is 0 Å². The van der Waals surface area contributed by atoms with Crippen molar-refractivity contribution < 1.29 is 27.3 Å². The zero-order valence-corrected chi connectivity index (χ0v) is 11.6. The third-order valence-corrected chi connectivity index (χ3v) is 0. The molecule has 0 aliphatic carbocycles. The van der Waals surface area contributed by atoms with Crippen molar-refractivity contribution in [1.29, 1.82) is 0 Å². The van der Waals surface area contributed by atoms with Crippen LogP contribution in [0.15, 0.2) is 0 Å².